The fourth-order valence-electron chi connectivity index (χ4n) is 12.2. The van der Waals surface area contributed by atoms with Crippen molar-refractivity contribution in [2.45, 2.75) is 244 Å². The second-order valence-electron chi connectivity index (χ2n) is 31.2. The molecule has 126 heavy (non-hydrogen) atoms. The number of carbonyl (C=O) groups excluding carboxylic acids is 18. The van der Waals surface area contributed by atoms with Gasteiger partial charge in [0, 0.05) is 32.2 Å². The Hall–Kier alpha value is -13.2. The van der Waals surface area contributed by atoms with Gasteiger partial charge in [-0.25, -0.2) is 0 Å². The van der Waals surface area contributed by atoms with Gasteiger partial charge in [-0.1, -0.05) is 73.9 Å². The molecule has 0 aliphatic carbocycles. The van der Waals surface area contributed by atoms with Gasteiger partial charge in [0.1, 0.15) is 84.3 Å². The summed E-state index contributed by atoms with van der Waals surface area (Å²) < 4.78 is 0. The number of aliphatic carboxylic acids is 5. The van der Waals surface area contributed by atoms with Crippen molar-refractivity contribution >= 4 is 136 Å². The van der Waals surface area contributed by atoms with Crippen LogP contribution in [-0.4, -0.2) is 301 Å². The zero-order chi connectivity index (χ0) is 95.7. The van der Waals surface area contributed by atoms with Crippen molar-refractivity contribution in [1.82, 2.24) is 90.0 Å². The molecule has 15 atom stereocenters. The second-order valence-corrected chi connectivity index (χ2v) is 31.2. The Labute approximate surface area is 723 Å². The van der Waals surface area contributed by atoms with Gasteiger partial charge < -0.3 is 137 Å². The Morgan fingerprint density at radius 2 is 0.817 bits per heavy atom. The molecule has 1 aromatic rings. The molecule has 0 unspecified atom stereocenters. The van der Waals surface area contributed by atoms with Crippen molar-refractivity contribution < 1.29 is 146 Å². The fourth-order valence-corrected chi connectivity index (χ4v) is 12.2. The number of nitrogens with one attached hydrogen (secondary N) is 16. The monoisotopic (exact) mass is 1790 g/mol. The highest BCUT2D eigenvalue weighted by Gasteiger charge is 2.42. The Morgan fingerprint density at radius 3 is 1.30 bits per heavy atom. The first-order valence-corrected chi connectivity index (χ1v) is 40.4. The van der Waals surface area contributed by atoms with Crippen LogP contribution in [0.2, 0.25) is 0 Å². The van der Waals surface area contributed by atoms with Crippen molar-refractivity contribution in [3.63, 3.8) is 0 Å². The van der Waals surface area contributed by atoms with E-state index in [1.54, 1.807) is 34.6 Å². The summed E-state index contributed by atoms with van der Waals surface area (Å²) in [6, 6.07) is -17.3. The molecule has 27 N–H and O–H groups in total. The van der Waals surface area contributed by atoms with Crippen molar-refractivity contribution in [3.05, 3.63) is 29.8 Å². The van der Waals surface area contributed by atoms with E-state index in [9.17, 15) is 141 Å². The molecule has 1 heterocycles. The molecule has 1 aliphatic heterocycles. The summed E-state index contributed by atoms with van der Waals surface area (Å²) >= 11 is 0. The third-order valence-electron chi connectivity index (χ3n) is 19.2. The van der Waals surface area contributed by atoms with Gasteiger partial charge in [-0.3, -0.25) is 110 Å². The summed E-state index contributed by atoms with van der Waals surface area (Å²) in [4.78, 5) is 303. The Balaban J connectivity index is 2.35. The molecule has 0 saturated carbocycles. The predicted octanol–water partition coefficient (Wildman–Crippen LogP) is -8.61. The van der Waals surface area contributed by atoms with Crippen LogP contribution >= 0.6 is 0 Å². The van der Waals surface area contributed by atoms with E-state index < -0.39 is 329 Å². The molecule has 0 spiro atoms. The first kappa shape index (κ1) is 109. The van der Waals surface area contributed by atoms with Crippen molar-refractivity contribution in [1.29, 1.82) is 0 Å². The Morgan fingerprint density at radius 1 is 0.421 bits per heavy atom. The highest BCUT2D eigenvalue weighted by Crippen LogP contribution is 2.21. The molecule has 1 aliphatic rings. The number of amides is 18. The quantitative estimate of drug-likeness (QED) is 0.0288. The summed E-state index contributed by atoms with van der Waals surface area (Å²) in [6.45, 7) is 10.3. The van der Waals surface area contributed by atoms with Crippen LogP contribution in [0.4, 0.5) is 0 Å². The lowest BCUT2D eigenvalue weighted by molar-refractivity contribution is -0.147. The molecular weight excluding hydrogens is 1670 g/mol. The molecule has 1 fully saturated rings. The van der Waals surface area contributed by atoms with Crippen molar-refractivity contribution in [2.24, 2.45) is 35.1 Å². The lowest BCUT2D eigenvalue weighted by Gasteiger charge is -2.29. The number of aliphatic hydroxyl groups is 1. The molecule has 49 nitrogen and oxygen atoms in total. The number of phenols is 1. The summed E-state index contributed by atoms with van der Waals surface area (Å²) in [5.74, 6) is -29.3. The van der Waals surface area contributed by atoms with Crippen molar-refractivity contribution in [2.75, 3.05) is 39.3 Å². The van der Waals surface area contributed by atoms with Crippen LogP contribution in [0.25, 0.3) is 0 Å². The van der Waals surface area contributed by atoms with Gasteiger partial charge in [0.2, 0.25) is 106 Å². The van der Waals surface area contributed by atoms with Crippen LogP contribution in [-0.2, 0) is 117 Å². The lowest BCUT2D eigenvalue weighted by atomic mass is 9.97. The van der Waals surface area contributed by atoms with Gasteiger partial charge in [0.25, 0.3) is 0 Å². The number of nitrogens with two attached hydrogens (primary N) is 2. The lowest BCUT2D eigenvalue weighted by Crippen LogP contribution is -2.61. The summed E-state index contributed by atoms with van der Waals surface area (Å²) in [6.07, 6.45) is -6.03. The number of hydrogen-bond acceptors (Lipinski definition) is 26. The van der Waals surface area contributed by atoms with Crippen LogP contribution in [0, 0.1) is 23.7 Å². The maximum Gasteiger partial charge on any atom is 0.325 e. The number of hydrogen-bond donors (Lipinski definition) is 25. The van der Waals surface area contributed by atoms with Crippen molar-refractivity contribution in [3.8, 4) is 5.75 Å². The maximum atomic E-state index is 14.6. The van der Waals surface area contributed by atoms with Crippen LogP contribution < -0.4 is 96.5 Å². The molecule has 49 heteroatoms. The van der Waals surface area contributed by atoms with Crippen LogP contribution in [0.3, 0.4) is 0 Å². The number of carboxylic acid groups (broad SMARTS) is 5. The molecule has 1 saturated heterocycles. The molecule has 2 rings (SSSR count). The molecule has 1 aromatic carbocycles. The van der Waals surface area contributed by atoms with E-state index in [0.29, 0.717) is 0 Å². The zero-order valence-electron chi connectivity index (χ0n) is 71.5. The number of carbonyl (C=O) groups is 23. The predicted molar refractivity (Wildman–Crippen MR) is 436 cm³/mol. The van der Waals surface area contributed by atoms with Crippen LogP contribution in [0.15, 0.2) is 24.3 Å². The van der Waals surface area contributed by atoms with Gasteiger partial charge in [-0.2, -0.15) is 0 Å². The minimum absolute atomic E-state index is 0.0701. The van der Waals surface area contributed by atoms with E-state index >= 15 is 0 Å². The average molecular weight is 1790 g/mol. The van der Waals surface area contributed by atoms with Gasteiger partial charge in [0.15, 0.2) is 0 Å². The number of benzene rings is 1. The van der Waals surface area contributed by atoms with Gasteiger partial charge in [-0.15, -0.1) is 0 Å². The largest absolute Gasteiger partial charge is 0.508 e. The fraction of sp³-hybridized carbons (Fsp3) is 0.623. The topological polar surface area (TPSA) is 782 Å². The number of carboxylic acids is 5. The van der Waals surface area contributed by atoms with Crippen LogP contribution in [0.1, 0.15) is 158 Å². The Bertz CT molecular complexity index is 4070. The number of likely N-dealkylation sites (tertiary alicyclic amines) is 1. The van der Waals surface area contributed by atoms with E-state index in [0.717, 1.165) is 4.90 Å². The first-order chi connectivity index (χ1) is 58.9. The third-order valence-corrected chi connectivity index (χ3v) is 19.2. The van der Waals surface area contributed by atoms with E-state index in [2.05, 4.69) is 85.1 Å². The summed E-state index contributed by atoms with van der Waals surface area (Å²) in [7, 11) is 0. The SMILES string of the molecule is CC[C@H](C)[C@H](NC(=O)CNC(=O)CNC(=O)[C@H](CC(C)C)NC(=O)[C@H](CCC(=O)O)NC(=O)CNC(=O)[C@H](CCC(=O)O)NC(=O)[C@H](C)N)C(=O)N[C@@H](Cc1ccc(O)cc1)C(=O)N[C@@H](CCC(N)=O)C(=O)N[C@@H](CC(=O)O)C(=O)N[C@@H](CC(C)C)C(=O)N[C@H](C(=O)N[C@@H](CO)C(=O)NCC(=O)N[C@@H](CC(=O)O)C(=O)N1CCC[C@H]1C(=O)N[C@@H](C)C(=O)O)C(C)C. The maximum absolute atomic E-state index is 14.6. The standard InChI is InChI=1S/C77H119N19O30/c1-11-38(8)63(94-57(103)31-80-54(100)30-81-66(114)46(25-35(2)3)89-68(116)44(20-23-59(106)107)85-55(101)32-82-65(113)43(19-22-58(104)105)87-64(112)39(9)78)75(123)92-48(27-41-14-16-42(98)17-15-41)70(118)88-45(18-21-53(79)99)69(117)91-49(28-60(108)109)71(119)90-47(26-36(4)5)72(120)95-62(37(6)7)74(122)93-51(34-97)67(115)83-33-56(102)86-50(29-61(110)111)76(124)96-24-12-13-52(96)73(121)84-40(10)77(125)126/h14-17,35-40,43-52,62-63,97-98H,11-13,18-34,78H2,1-10H3,(H2,79,99)(H,80,100)(H,81,114)(H,82,113)(H,83,115)(H,84,121)(H,85,101)(H,86,102)(H,87,112)(H,88,118)(H,89,116)(H,90,119)(H,91,117)(H,92,123)(H,93,122)(H,94,103)(H,95,120)(H,104,105)(H,106,107)(H,108,109)(H,110,111)(H,125,126)/t38-,39-,40-,43-,44-,45-,46-,47-,48-,49-,50-,51-,52-,62-,63-/m0/s1. The first-order valence-electron chi connectivity index (χ1n) is 40.4. The smallest absolute Gasteiger partial charge is 0.325 e. The molecule has 702 valence electrons. The average Bonchev–Trinajstić information content (AvgIpc) is 1.63. The zero-order valence-corrected chi connectivity index (χ0v) is 71.5. The molecule has 0 aromatic heterocycles. The number of primary amides is 1. The second kappa shape index (κ2) is 54.4. The van der Waals surface area contributed by atoms with E-state index in [1.807, 2.05) is 0 Å². The molecule has 0 bridgehead atoms. The number of nitrogens with zero attached hydrogens (tertiary/aromatic N) is 1. The van der Waals surface area contributed by atoms with Gasteiger partial charge in [-0.05, 0) is 100 Å². The van der Waals surface area contributed by atoms with Gasteiger partial charge >= 0.3 is 29.8 Å². The minimum atomic E-state index is -2.11. The summed E-state index contributed by atoms with van der Waals surface area (Å²) in [5.41, 5.74) is 11.3. The van der Waals surface area contributed by atoms with E-state index in [4.69, 9.17) is 16.6 Å². The minimum Gasteiger partial charge on any atom is -0.508 e. The molecular formula is C77H119N19O30. The highest BCUT2D eigenvalue weighted by molar-refractivity contribution is 6.02. The normalized spacial score (nSPS) is 15.6. The van der Waals surface area contributed by atoms with E-state index in [-0.39, 0.29) is 55.9 Å². The molecule has 18 amide bonds. The number of aromatic hydroxyl groups is 1. The van der Waals surface area contributed by atoms with Crippen LogP contribution in [0.5, 0.6) is 5.75 Å². The highest BCUT2D eigenvalue weighted by atomic mass is 16.4. The Kier molecular flexibility index (Phi) is 47.0. The third kappa shape index (κ3) is 40.4. The number of rotatable bonds is 57. The number of aliphatic hydroxyl groups excluding tert-OH is 1. The summed E-state index contributed by atoms with van der Waals surface area (Å²) in [5, 5.41) is 105. The molecule has 0 radical (unpaired) electrons. The van der Waals surface area contributed by atoms with E-state index in [1.165, 1.54) is 58.9 Å². The van der Waals surface area contributed by atoms with Gasteiger partial charge in [0.05, 0.1) is 51.7 Å². The number of phenolic OH excluding ortho intramolecular Hbond substituents is 1.